The summed E-state index contributed by atoms with van der Waals surface area (Å²) in [6.07, 6.45) is -4.31. The molecule has 1 fully saturated rings. The van der Waals surface area contributed by atoms with Crippen LogP contribution in [0.5, 0.6) is 0 Å². The van der Waals surface area contributed by atoms with Gasteiger partial charge in [0.05, 0.1) is 18.9 Å². The van der Waals surface area contributed by atoms with E-state index in [9.17, 15) is 33.0 Å². The highest BCUT2D eigenvalue weighted by molar-refractivity contribution is 6.30. The van der Waals surface area contributed by atoms with Crippen molar-refractivity contribution in [2.75, 3.05) is 13.2 Å². The molecule has 1 aromatic heterocycles. The number of nitrogens with one attached hydrogen (secondary N) is 1. The Bertz CT molecular complexity index is 1070. The van der Waals surface area contributed by atoms with E-state index >= 15 is 0 Å². The fraction of sp³-hybridized carbons (Fsp3) is 0.500. The van der Waals surface area contributed by atoms with E-state index in [1.807, 2.05) is 0 Å². The highest BCUT2D eigenvalue weighted by Crippen LogP contribution is 2.44. The quantitative estimate of drug-likeness (QED) is 0.478. The summed E-state index contributed by atoms with van der Waals surface area (Å²) in [7, 11) is 0. The van der Waals surface area contributed by atoms with Crippen molar-refractivity contribution in [2.45, 2.75) is 51.4 Å². The van der Waals surface area contributed by atoms with Gasteiger partial charge in [0, 0.05) is 41.5 Å². The van der Waals surface area contributed by atoms with Gasteiger partial charge in [0.25, 0.3) is 5.56 Å². The number of carbonyl (C=O) groups excluding carboxylic acids is 1. The summed E-state index contributed by atoms with van der Waals surface area (Å²) in [5.74, 6) is -0.454. The molecule has 0 atom stereocenters. The highest BCUT2D eigenvalue weighted by Gasteiger charge is 2.42. The number of amides is 1. The Morgan fingerprint density at radius 3 is 2.58 bits per heavy atom. The lowest BCUT2D eigenvalue weighted by Gasteiger charge is -2.17. The van der Waals surface area contributed by atoms with Crippen LogP contribution >= 0.6 is 11.6 Å². The minimum Gasteiger partial charge on any atom is -0.396 e. The molecule has 0 radical (unpaired) electrons. The number of aliphatic hydroxyl groups excluding tert-OH is 2. The Morgan fingerprint density at radius 1 is 1.24 bits per heavy atom. The number of hydrogen-bond acceptors (Lipinski definition) is 5. The van der Waals surface area contributed by atoms with Crippen LogP contribution < -0.4 is 10.9 Å². The minimum absolute atomic E-state index is 0.0408. The number of aromatic nitrogens is 2. The average Bonchev–Trinajstić information content (AvgIpc) is 3.54. The molecule has 1 heterocycles. The zero-order chi connectivity index (χ0) is 24.2. The molecule has 1 saturated carbocycles. The fourth-order valence-corrected chi connectivity index (χ4v) is 3.69. The SMILES string of the molecule is O=C(Cn1c(CCCC(F)(F)F)nc(-c2ccc(Cl)cc2CO)cc1=O)NCC1(CO)CC1. The fourth-order valence-electron chi connectivity index (χ4n) is 3.49. The molecule has 1 aromatic carbocycles. The van der Waals surface area contributed by atoms with Crippen molar-refractivity contribution in [3.05, 3.63) is 51.0 Å². The number of carbonyl (C=O) groups is 1. The molecular weight excluding hydrogens is 463 g/mol. The number of aryl methyl sites for hydroxylation is 1. The van der Waals surface area contributed by atoms with Gasteiger partial charge in [-0.05, 0) is 37.0 Å². The monoisotopic (exact) mass is 487 g/mol. The Balaban J connectivity index is 1.89. The Kier molecular flexibility index (Phi) is 7.81. The third-order valence-corrected chi connectivity index (χ3v) is 5.95. The molecule has 3 N–H and O–H groups in total. The maximum Gasteiger partial charge on any atom is 0.389 e. The zero-order valence-electron chi connectivity index (χ0n) is 17.8. The first-order valence-electron chi connectivity index (χ1n) is 10.5. The summed E-state index contributed by atoms with van der Waals surface area (Å²) >= 11 is 5.95. The van der Waals surface area contributed by atoms with Gasteiger partial charge in [-0.3, -0.25) is 14.2 Å². The van der Waals surface area contributed by atoms with Crippen LogP contribution in [-0.4, -0.2) is 45.0 Å². The molecule has 180 valence electrons. The number of alkyl halides is 3. The number of halogens is 4. The second kappa shape index (κ2) is 10.2. The maximum atomic E-state index is 12.9. The predicted molar refractivity (Wildman–Crippen MR) is 116 cm³/mol. The van der Waals surface area contributed by atoms with E-state index in [1.165, 1.54) is 12.1 Å². The molecule has 0 bridgehead atoms. The molecule has 0 unspecified atom stereocenters. The molecule has 1 aliphatic rings. The molecule has 2 aromatic rings. The summed E-state index contributed by atoms with van der Waals surface area (Å²) in [6, 6.07) is 5.81. The van der Waals surface area contributed by atoms with Crippen molar-refractivity contribution >= 4 is 17.5 Å². The first kappa shape index (κ1) is 25.2. The van der Waals surface area contributed by atoms with Gasteiger partial charge in [0.2, 0.25) is 5.91 Å². The van der Waals surface area contributed by atoms with Crippen LogP contribution in [-0.2, 0) is 24.4 Å². The molecule has 3 rings (SSSR count). The molecular formula is C22H25ClF3N3O4. The van der Waals surface area contributed by atoms with Gasteiger partial charge in [-0.15, -0.1) is 0 Å². The van der Waals surface area contributed by atoms with Gasteiger partial charge in [-0.1, -0.05) is 17.7 Å². The zero-order valence-corrected chi connectivity index (χ0v) is 18.5. The number of hydrogen-bond donors (Lipinski definition) is 3. The number of nitrogens with zero attached hydrogens (tertiary/aromatic N) is 2. The molecule has 0 spiro atoms. The van der Waals surface area contributed by atoms with Gasteiger partial charge < -0.3 is 15.5 Å². The van der Waals surface area contributed by atoms with Crippen LogP contribution in [0.1, 0.15) is 37.1 Å². The summed E-state index contributed by atoms with van der Waals surface area (Å²) < 4.78 is 39.1. The maximum absolute atomic E-state index is 12.9. The lowest BCUT2D eigenvalue weighted by atomic mass is 10.0. The van der Waals surface area contributed by atoms with Crippen molar-refractivity contribution < 1.29 is 28.2 Å². The van der Waals surface area contributed by atoms with E-state index in [2.05, 4.69) is 10.3 Å². The number of benzene rings is 1. The highest BCUT2D eigenvalue weighted by atomic mass is 35.5. The predicted octanol–water partition coefficient (Wildman–Crippen LogP) is 2.83. The van der Waals surface area contributed by atoms with Crippen molar-refractivity contribution in [2.24, 2.45) is 5.41 Å². The van der Waals surface area contributed by atoms with Gasteiger partial charge in [-0.2, -0.15) is 13.2 Å². The Labute approximate surface area is 193 Å². The summed E-state index contributed by atoms with van der Waals surface area (Å²) in [5.41, 5.74) is 0.0835. The first-order chi connectivity index (χ1) is 15.6. The Hall–Kier alpha value is -2.43. The molecule has 11 heteroatoms. The van der Waals surface area contributed by atoms with Crippen molar-refractivity contribution in [1.82, 2.24) is 14.9 Å². The largest absolute Gasteiger partial charge is 0.396 e. The Morgan fingerprint density at radius 2 is 1.97 bits per heavy atom. The van der Waals surface area contributed by atoms with E-state index in [4.69, 9.17) is 11.6 Å². The van der Waals surface area contributed by atoms with Crippen molar-refractivity contribution in [3.63, 3.8) is 0 Å². The van der Waals surface area contributed by atoms with E-state index < -0.39 is 30.6 Å². The topological polar surface area (TPSA) is 104 Å². The van der Waals surface area contributed by atoms with Crippen LogP contribution in [0.2, 0.25) is 5.02 Å². The smallest absolute Gasteiger partial charge is 0.389 e. The molecule has 1 aliphatic carbocycles. The van der Waals surface area contributed by atoms with E-state index in [-0.39, 0.29) is 49.5 Å². The summed E-state index contributed by atoms with van der Waals surface area (Å²) in [4.78, 5) is 29.7. The van der Waals surface area contributed by atoms with Crippen LogP contribution in [0, 0.1) is 5.41 Å². The minimum atomic E-state index is -4.36. The second-order valence-electron chi connectivity index (χ2n) is 8.35. The normalized spacial score (nSPS) is 14.8. The number of rotatable bonds is 10. The summed E-state index contributed by atoms with van der Waals surface area (Å²) in [5, 5.41) is 22.1. The summed E-state index contributed by atoms with van der Waals surface area (Å²) in [6.45, 7) is -0.571. The lowest BCUT2D eigenvalue weighted by molar-refractivity contribution is -0.135. The van der Waals surface area contributed by atoms with E-state index in [0.29, 0.717) is 16.1 Å². The van der Waals surface area contributed by atoms with Gasteiger partial charge in [-0.25, -0.2) is 4.98 Å². The molecule has 7 nitrogen and oxygen atoms in total. The third kappa shape index (κ3) is 6.78. The molecule has 1 amide bonds. The first-order valence-corrected chi connectivity index (χ1v) is 10.9. The standard InChI is InChI=1S/C22H25ClF3N3O4/c23-15-3-4-16(14(8-15)11-30)17-9-20(33)29(18(28-17)2-1-5-22(24,25)26)10-19(32)27-12-21(13-31)6-7-21/h3-4,8-9,30-31H,1-2,5-7,10-13H2,(H,27,32). The lowest BCUT2D eigenvalue weighted by Crippen LogP contribution is -2.37. The number of aliphatic hydroxyl groups is 2. The van der Waals surface area contributed by atoms with E-state index in [0.717, 1.165) is 17.4 Å². The average molecular weight is 488 g/mol. The van der Waals surface area contributed by atoms with Gasteiger partial charge >= 0.3 is 6.18 Å². The van der Waals surface area contributed by atoms with Crippen LogP contribution in [0.3, 0.4) is 0 Å². The van der Waals surface area contributed by atoms with Gasteiger partial charge in [0.1, 0.15) is 12.4 Å². The van der Waals surface area contributed by atoms with Crippen molar-refractivity contribution in [1.29, 1.82) is 0 Å². The van der Waals surface area contributed by atoms with Crippen LogP contribution in [0.15, 0.2) is 29.1 Å². The van der Waals surface area contributed by atoms with Crippen molar-refractivity contribution in [3.8, 4) is 11.3 Å². The van der Waals surface area contributed by atoms with Crippen LogP contribution in [0.4, 0.5) is 13.2 Å². The second-order valence-corrected chi connectivity index (χ2v) is 8.78. The third-order valence-electron chi connectivity index (χ3n) is 5.72. The van der Waals surface area contributed by atoms with E-state index in [1.54, 1.807) is 12.1 Å². The van der Waals surface area contributed by atoms with Gasteiger partial charge in [0.15, 0.2) is 0 Å². The molecule has 0 saturated heterocycles. The molecule has 0 aliphatic heterocycles. The van der Waals surface area contributed by atoms with Crippen LogP contribution in [0.25, 0.3) is 11.3 Å². The molecule has 33 heavy (non-hydrogen) atoms.